The van der Waals surface area contributed by atoms with E-state index in [4.69, 9.17) is 0 Å². The molecule has 0 aliphatic heterocycles. The van der Waals surface area contributed by atoms with E-state index >= 15 is 0 Å². The average Bonchev–Trinajstić information content (AvgIpc) is 3.06. The van der Waals surface area contributed by atoms with Crippen LogP contribution in [0.5, 0.6) is 46.0 Å². The van der Waals surface area contributed by atoms with Gasteiger partial charge in [0.25, 0.3) is 0 Å². The summed E-state index contributed by atoms with van der Waals surface area (Å²) in [6.07, 6.45) is 0. The van der Waals surface area contributed by atoms with Crippen LogP contribution in [0.15, 0.2) is 97.1 Å². The van der Waals surface area contributed by atoms with Crippen LogP contribution in [0.2, 0.25) is 0 Å². The lowest BCUT2D eigenvalue weighted by molar-refractivity contribution is 0.350. The van der Waals surface area contributed by atoms with Gasteiger partial charge < -0.3 is 40.9 Å². The van der Waals surface area contributed by atoms with E-state index in [0.717, 1.165) is 21.9 Å². The van der Waals surface area contributed by atoms with Crippen LogP contribution < -0.4 is 0 Å². The van der Waals surface area contributed by atoms with Gasteiger partial charge in [0.2, 0.25) is 23.0 Å². The molecule has 0 aliphatic carbocycles. The smallest absolute Gasteiger partial charge is 0.204 e. The molecule has 8 nitrogen and oxygen atoms in total. The lowest BCUT2D eigenvalue weighted by atomic mass is 9.83. The quantitative estimate of drug-likeness (QED) is 0.0593. The number of aromatic hydroxyl groups is 8. The highest BCUT2D eigenvalue weighted by Crippen LogP contribution is 2.61. The fraction of sp³-hybridized carbons (Fsp3) is 0. The van der Waals surface area contributed by atoms with Gasteiger partial charge in [-0.05, 0) is 33.0 Å². The summed E-state index contributed by atoms with van der Waals surface area (Å²) in [5, 5.41) is 88.9. The summed E-state index contributed by atoms with van der Waals surface area (Å²) < 4.78 is 0. The van der Waals surface area contributed by atoms with Crippen molar-refractivity contribution in [3.8, 4) is 79.4 Å². The molecule has 44 heavy (non-hydrogen) atoms. The molecule has 0 amide bonds. The number of hydrogen-bond acceptors (Lipinski definition) is 8. The van der Waals surface area contributed by atoms with Gasteiger partial charge in [-0.25, -0.2) is 0 Å². The molecule has 0 saturated heterocycles. The van der Waals surface area contributed by atoms with Gasteiger partial charge in [-0.15, -0.1) is 0 Å². The average molecular weight is 585 g/mol. The van der Waals surface area contributed by atoms with Crippen LogP contribution in [-0.2, 0) is 0 Å². The fourth-order valence-electron chi connectivity index (χ4n) is 6.10. The molecule has 7 aromatic carbocycles. The largest absolute Gasteiger partial charge is 0.504 e. The predicted octanol–water partition coefficient (Wildman–Crippen LogP) is 7.79. The third-order valence-corrected chi connectivity index (χ3v) is 8.13. The maximum absolute atomic E-state index is 11.3. The molecule has 0 aliphatic rings. The predicted molar refractivity (Wildman–Crippen MR) is 169 cm³/mol. The highest BCUT2D eigenvalue weighted by atomic mass is 16.4. The lowest BCUT2D eigenvalue weighted by Crippen LogP contribution is -1.94. The Hall–Kier alpha value is -6.28. The van der Waals surface area contributed by atoms with Gasteiger partial charge in [0.15, 0.2) is 23.0 Å². The maximum Gasteiger partial charge on any atom is 0.204 e. The Morgan fingerprint density at radius 3 is 1.18 bits per heavy atom. The van der Waals surface area contributed by atoms with Gasteiger partial charge in [-0.3, -0.25) is 0 Å². The topological polar surface area (TPSA) is 162 Å². The van der Waals surface area contributed by atoms with Crippen LogP contribution in [0.25, 0.3) is 65.7 Å². The van der Waals surface area contributed by atoms with Crippen molar-refractivity contribution in [3.63, 3.8) is 0 Å². The molecule has 0 spiro atoms. The molecule has 8 N–H and O–H groups in total. The molecule has 0 radical (unpaired) electrons. The molecule has 0 unspecified atom stereocenters. The van der Waals surface area contributed by atoms with E-state index < -0.39 is 46.0 Å². The Morgan fingerprint density at radius 2 is 0.682 bits per heavy atom. The van der Waals surface area contributed by atoms with Crippen molar-refractivity contribution < 1.29 is 40.9 Å². The Bertz CT molecular complexity index is 2210. The first-order chi connectivity index (χ1) is 21.2. The second-order valence-electron chi connectivity index (χ2n) is 10.5. The molecule has 0 fully saturated rings. The van der Waals surface area contributed by atoms with Crippen molar-refractivity contribution in [3.05, 3.63) is 97.1 Å². The van der Waals surface area contributed by atoms with Gasteiger partial charge >= 0.3 is 0 Å². The minimum atomic E-state index is -1.01. The molecule has 0 heterocycles. The Morgan fingerprint density at radius 1 is 0.295 bits per heavy atom. The molecule has 0 aromatic heterocycles. The van der Waals surface area contributed by atoms with Crippen LogP contribution in [0, 0.1) is 0 Å². The highest BCUT2D eigenvalue weighted by Gasteiger charge is 2.32. The van der Waals surface area contributed by atoms with E-state index in [1.54, 1.807) is 42.5 Å². The standard InChI is InChI=1S/C36H24O8/c37-29-25-23(19-8-2-1-3-9-19)26-28(32(40)36(44)34(42)30(26)38)24(27(25)31(39)35(43)33(29)41)20-15-13-18(14-16-20)22-12-6-10-17-7-4-5-11-21(17)22/h1-16,37-44H. The summed E-state index contributed by atoms with van der Waals surface area (Å²) in [6.45, 7) is 0. The normalized spacial score (nSPS) is 11.5. The second-order valence-corrected chi connectivity index (χ2v) is 10.5. The third-order valence-electron chi connectivity index (χ3n) is 8.13. The van der Waals surface area contributed by atoms with Gasteiger partial charge in [0.1, 0.15) is 0 Å². The zero-order chi connectivity index (χ0) is 30.9. The first-order valence-electron chi connectivity index (χ1n) is 13.6. The number of benzene rings is 7. The van der Waals surface area contributed by atoms with Crippen molar-refractivity contribution in [2.75, 3.05) is 0 Å². The van der Waals surface area contributed by atoms with E-state index in [9.17, 15) is 40.9 Å². The summed E-state index contributed by atoms with van der Waals surface area (Å²) in [5.41, 5.74) is 2.53. The molecular weight excluding hydrogens is 560 g/mol. The maximum atomic E-state index is 11.3. The first kappa shape index (κ1) is 26.6. The molecule has 8 heteroatoms. The van der Waals surface area contributed by atoms with Crippen LogP contribution in [0.4, 0.5) is 0 Å². The van der Waals surface area contributed by atoms with Crippen LogP contribution in [0.1, 0.15) is 0 Å². The van der Waals surface area contributed by atoms with Crippen LogP contribution in [0.3, 0.4) is 0 Å². The minimum Gasteiger partial charge on any atom is -0.504 e. The highest BCUT2D eigenvalue weighted by molar-refractivity contribution is 6.28. The second kappa shape index (κ2) is 9.64. The molecule has 7 rings (SSSR count). The molecular formula is C36H24O8. The number of phenolic OH excluding ortho intramolecular Hbond substituents is 8. The monoisotopic (exact) mass is 584 g/mol. The van der Waals surface area contributed by atoms with Crippen molar-refractivity contribution in [1.82, 2.24) is 0 Å². The van der Waals surface area contributed by atoms with Crippen molar-refractivity contribution in [1.29, 1.82) is 0 Å². The van der Waals surface area contributed by atoms with Crippen LogP contribution in [-0.4, -0.2) is 40.9 Å². The fourth-order valence-corrected chi connectivity index (χ4v) is 6.10. The lowest BCUT2D eigenvalue weighted by Gasteiger charge is -2.22. The third kappa shape index (κ3) is 3.64. The van der Waals surface area contributed by atoms with Crippen molar-refractivity contribution in [2.24, 2.45) is 0 Å². The molecule has 216 valence electrons. The van der Waals surface area contributed by atoms with E-state index in [0.29, 0.717) is 11.1 Å². The Balaban J connectivity index is 1.66. The van der Waals surface area contributed by atoms with Gasteiger partial charge in [-0.2, -0.15) is 0 Å². The number of fused-ring (bicyclic) bond motifs is 3. The number of rotatable bonds is 3. The molecule has 0 saturated carbocycles. The molecule has 0 bridgehead atoms. The van der Waals surface area contributed by atoms with Crippen molar-refractivity contribution >= 4 is 32.3 Å². The van der Waals surface area contributed by atoms with E-state index in [1.165, 1.54) is 0 Å². The minimum absolute atomic E-state index is 0.00495. The number of phenols is 8. The van der Waals surface area contributed by atoms with E-state index in [-0.39, 0.29) is 32.7 Å². The summed E-state index contributed by atoms with van der Waals surface area (Å²) >= 11 is 0. The molecule has 7 aromatic rings. The van der Waals surface area contributed by atoms with Gasteiger partial charge in [0.05, 0.1) is 0 Å². The summed E-state index contributed by atoms with van der Waals surface area (Å²) in [6, 6.07) is 29.1. The van der Waals surface area contributed by atoms with Crippen molar-refractivity contribution in [2.45, 2.75) is 0 Å². The first-order valence-corrected chi connectivity index (χ1v) is 13.6. The van der Waals surface area contributed by atoms with Gasteiger partial charge in [0, 0.05) is 32.7 Å². The number of hydrogen-bond donors (Lipinski definition) is 8. The van der Waals surface area contributed by atoms with E-state index in [1.807, 2.05) is 54.6 Å². The van der Waals surface area contributed by atoms with Crippen LogP contribution >= 0.6 is 0 Å². The van der Waals surface area contributed by atoms with Gasteiger partial charge in [-0.1, -0.05) is 97.1 Å². The Kier molecular flexibility index (Phi) is 5.83. The SMILES string of the molecule is Oc1c(O)c(O)c2c(-c3ccc(-c4cccc5ccccc45)cc3)c3c(O)c(O)c(O)c(O)c3c(-c3ccccc3)c2c1O. The zero-order valence-corrected chi connectivity index (χ0v) is 22.8. The summed E-state index contributed by atoms with van der Waals surface area (Å²) in [7, 11) is 0. The Labute approximate surface area is 249 Å². The molecule has 0 atom stereocenters. The zero-order valence-electron chi connectivity index (χ0n) is 22.8. The summed E-state index contributed by atoms with van der Waals surface area (Å²) in [5.74, 6) is -7.26. The van der Waals surface area contributed by atoms with E-state index in [2.05, 4.69) is 0 Å². The summed E-state index contributed by atoms with van der Waals surface area (Å²) in [4.78, 5) is 0.